The molecule has 3 nitrogen and oxygen atoms in total. The van der Waals surface area contributed by atoms with Crippen LogP contribution in [0.2, 0.25) is 0 Å². The summed E-state index contributed by atoms with van der Waals surface area (Å²) < 4.78 is 0.954. The molecule has 2 rings (SSSR count). The third-order valence-electron chi connectivity index (χ3n) is 2.63. The first-order chi connectivity index (χ1) is 7.49. The van der Waals surface area contributed by atoms with E-state index >= 15 is 0 Å². The number of thiophene rings is 1. The van der Waals surface area contributed by atoms with Crippen molar-refractivity contribution in [1.29, 1.82) is 0 Å². The molecule has 0 spiro atoms. The molecule has 2 heterocycles. The minimum absolute atomic E-state index is 0.0559. The summed E-state index contributed by atoms with van der Waals surface area (Å²) >= 11 is 4.77. The normalized spacial score (nSPS) is 20.6. The quantitative estimate of drug-likeness (QED) is 0.748. The Morgan fingerprint density at radius 2 is 2.31 bits per heavy atom. The lowest BCUT2D eigenvalue weighted by atomic mass is 10.2. The molecule has 1 aromatic rings. The Morgan fingerprint density at radius 3 is 2.75 bits per heavy atom. The highest BCUT2D eigenvalue weighted by atomic mass is 79.9. The predicted octanol–water partition coefficient (Wildman–Crippen LogP) is 2.83. The van der Waals surface area contributed by atoms with Gasteiger partial charge in [-0.3, -0.25) is 14.5 Å². The highest BCUT2D eigenvalue weighted by Crippen LogP contribution is 2.29. The SMILES string of the molecule is Cc1cc(C(=O)N2CC(C)CC2=O)sc1Br. The summed E-state index contributed by atoms with van der Waals surface area (Å²) in [5.41, 5.74) is 1.04. The van der Waals surface area contributed by atoms with Gasteiger partial charge in [-0.05, 0) is 40.4 Å². The first kappa shape index (κ1) is 11.8. The van der Waals surface area contributed by atoms with Crippen molar-refractivity contribution in [2.24, 2.45) is 5.92 Å². The largest absolute Gasteiger partial charge is 0.278 e. The van der Waals surface area contributed by atoms with E-state index in [4.69, 9.17) is 0 Å². The summed E-state index contributed by atoms with van der Waals surface area (Å²) in [6.45, 7) is 4.47. The van der Waals surface area contributed by atoms with Crippen molar-refractivity contribution in [2.45, 2.75) is 20.3 Å². The van der Waals surface area contributed by atoms with Crippen molar-refractivity contribution < 1.29 is 9.59 Å². The summed E-state index contributed by atoms with van der Waals surface area (Å²) in [5.74, 6) is 0.0637. The number of nitrogens with zero attached hydrogens (tertiary/aromatic N) is 1. The van der Waals surface area contributed by atoms with Crippen LogP contribution in [0.15, 0.2) is 9.85 Å². The molecule has 1 atom stereocenters. The minimum atomic E-state index is -0.159. The number of likely N-dealkylation sites (tertiary alicyclic amines) is 1. The fourth-order valence-corrected chi connectivity index (χ4v) is 3.26. The predicted molar refractivity (Wildman–Crippen MR) is 66.6 cm³/mol. The van der Waals surface area contributed by atoms with Crippen molar-refractivity contribution in [1.82, 2.24) is 4.90 Å². The molecular formula is C11H12BrNO2S. The fraction of sp³-hybridized carbons (Fsp3) is 0.455. The maximum absolute atomic E-state index is 12.1. The molecule has 0 saturated carbocycles. The number of amides is 2. The monoisotopic (exact) mass is 301 g/mol. The lowest BCUT2D eigenvalue weighted by Gasteiger charge is -2.12. The topological polar surface area (TPSA) is 37.4 Å². The molecule has 86 valence electrons. The smallest absolute Gasteiger partial charge is 0.270 e. The molecule has 0 aromatic carbocycles. The van der Waals surface area contributed by atoms with Crippen LogP contribution in [0.3, 0.4) is 0 Å². The number of aryl methyl sites for hydroxylation is 1. The molecule has 0 N–H and O–H groups in total. The zero-order valence-corrected chi connectivity index (χ0v) is 11.5. The summed E-state index contributed by atoms with van der Waals surface area (Å²) in [6, 6.07) is 1.83. The maximum Gasteiger partial charge on any atom is 0.270 e. The van der Waals surface area contributed by atoms with Crippen molar-refractivity contribution in [3.05, 3.63) is 20.3 Å². The van der Waals surface area contributed by atoms with Gasteiger partial charge in [0.1, 0.15) is 0 Å². The van der Waals surface area contributed by atoms with Crippen LogP contribution in [0.5, 0.6) is 0 Å². The number of halogens is 1. The van der Waals surface area contributed by atoms with E-state index in [-0.39, 0.29) is 17.7 Å². The molecule has 5 heteroatoms. The summed E-state index contributed by atoms with van der Waals surface area (Å²) in [7, 11) is 0. The van der Waals surface area contributed by atoms with Gasteiger partial charge in [0.2, 0.25) is 5.91 Å². The highest BCUT2D eigenvalue weighted by Gasteiger charge is 2.32. The second-order valence-electron chi connectivity index (χ2n) is 4.19. The van der Waals surface area contributed by atoms with E-state index in [0.717, 1.165) is 9.35 Å². The highest BCUT2D eigenvalue weighted by molar-refractivity contribution is 9.11. The lowest BCUT2D eigenvalue weighted by Crippen LogP contribution is -2.31. The van der Waals surface area contributed by atoms with Crippen LogP contribution in [0.1, 0.15) is 28.6 Å². The van der Waals surface area contributed by atoms with Crippen LogP contribution in [0.25, 0.3) is 0 Å². The van der Waals surface area contributed by atoms with Gasteiger partial charge >= 0.3 is 0 Å². The third kappa shape index (κ3) is 2.06. The average Bonchev–Trinajstić information content (AvgIpc) is 2.70. The standard InChI is InChI=1S/C11H12BrNO2S/c1-6-3-9(14)13(5-6)11(15)8-4-7(2)10(12)16-8/h4,6H,3,5H2,1-2H3. The average molecular weight is 302 g/mol. The Balaban J connectivity index is 2.22. The van der Waals surface area contributed by atoms with Crippen molar-refractivity contribution in [3.8, 4) is 0 Å². The van der Waals surface area contributed by atoms with Crippen LogP contribution in [-0.2, 0) is 4.79 Å². The number of imide groups is 1. The molecule has 1 unspecified atom stereocenters. The van der Waals surface area contributed by atoms with Gasteiger partial charge in [0, 0.05) is 13.0 Å². The molecule has 1 aliphatic heterocycles. The Kier molecular flexibility index (Phi) is 3.17. The zero-order valence-electron chi connectivity index (χ0n) is 9.12. The van der Waals surface area contributed by atoms with Crippen molar-refractivity contribution >= 4 is 39.1 Å². The van der Waals surface area contributed by atoms with Gasteiger partial charge in [0.25, 0.3) is 5.91 Å². The van der Waals surface area contributed by atoms with E-state index in [1.165, 1.54) is 16.2 Å². The molecule has 1 saturated heterocycles. The van der Waals surface area contributed by atoms with Crippen LogP contribution in [0.4, 0.5) is 0 Å². The van der Waals surface area contributed by atoms with Crippen LogP contribution in [-0.4, -0.2) is 23.3 Å². The van der Waals surface area contributed by atoms with Crippen LogP contribution in [0, 0.1) is 12.8 Å². The van der Waals surface area contributed by atoms with Gasteiger partial charge in [0.05, 0.1) is 8.66 Å². The molecule has 1 fully saturated rings. The molecule has 0 radical (unpaired) electrons. The van der Waals surface area contributed by atoms with Crippen molar-refractivity contribution in [3.63, 3.8) is 0 Å². The van der Waals surface area contributed by atoms with E-state index in [0.29, 0.717) is 17.8 Å². The molecule has 1 aromatic heterocycles. The van der Waals surface area contributed by atoms with E-state index in [9.17, 15) is 9.59 Å². The number of rotatable bonds is 1. The molecule has 2 amide bonds. The first-order valence-corrected chi connectivity index (χ1v) is 6.70. The minimum Gasteiger partial charge on any atom is -0.278 e. The summed E-state index contributed by atoms with van der Waals surface area (Å²) in [4.78, 5) is 25.6. The second kappa shape index (κ2) is 4.30. The molecule has 1 aliphatic rings. The Labute approximate surface area is 107 Å². The number of hydrogen-bond acceptors (Lipinski definition) is 3. The number of hydrogen-bond donors (Lipinski definition) is 0. The third-order valence-corrected chi connectivity index (χ3v) is 4.76. The van der Waals surface area contributed by atoms with E-state index in [2.05, 4.69) is 15.9 Å². The Bertz CT molecular complexity index is 435. The van der Waals surface area contributed by atoms with E-state index < -0.39 is 0 Å². The number of carbonyl (C=O) groups is 2. The van der Waals surface area contributed by atoms with Crippen molar-refractivity contribution in [2.75, 3.05) is 6.54 Å². The second-order valence-corrected chi connectivity index (χ2v) is 6.56. The van der Waals surface area contributed by atoms with E-state index in [1.807, 2.05) is 19.9 Å². The van der Waals surface area contributed by atoms with Gasteiger partial charge in [-0.1, -0.05) is 6.92 Å². The van der Waals surface area contributed by atoms with Gasteiger partial charge in [-0.2, -0.15) is 0 Å². The van der Waals surface area contributed by atoms with Gasteiger partial charge < -0.3 is 0 Å². The molecular weight excluding hydrogens is 290 g/mol. The molecule has 0 bridgehead atoms. The molecule has 16 heavy (non-hydrogen) atoms. The van der Waals surface area contributed by atoms with E-state index in [1.54, 1.807) is 0 Å². The lowest BCUT2D eigenvalue weighted by molar-refractivity contribution is -0.125. The van der Waals surface area contributed by atoms with Crippen LogP contribution >= 0.6 is 27.3 Å². The fourth-order valence-electron chi connectivity index (χ4n) is 1.78. The number of carbonyl (C=O) groups excluding carboxylic acids is 2. The maximum atomic E-state index is 12.1. The first-order valence-electron chi connectivity index (χ1n) is 5.09. The Morgan fingerprint density at radius 1 is 1.62 bits per heavy atom. The summed E-state index contributed by atoms with van der Waals surface area (Å²) in [5, 5.41) is 0. The summed E-state index contributed by atoms with van der Waals surface area (Å²) in [6.07, 6.45) is 0.483. The zero-order chi connectivity index (χ0) is 11.9. The van der Waals surface area contributed by atoms with Gasteiger partial charge in [0.15, 0.2) is 0 Å². The Hall–Kier alpha value is -0.680. The van der Waals surface area contributed by atoms with Crippen LogP contribution < -0.4 is 0 Å². The van der Waals surface area contributed by atoms with Gasteiger partial charge in [-0.15, -0.1) is 11.3 Å². The molecule has 0 aliphatic carbocycles. The van der Waals surface area contributed by atoms with Gasteiger partial charge in [-0.25, -0.2) is 0 Å².